The number of nitrogens with zero attached hydrogens (tertiary/aromatic N) is 1. The van der Waals surface area contributed by atoms with Gasteiger partial charge in [0.1, 0.15) is 10.8 Å². The molecule has 3 rings (SSSR count). The standard InChI is InChI=1S/C18H18Cl2N4O2/c1-9-13-8-10(2-5-15(13)24-23-9)22-18(26)12(6-7-21)11-3-4-14(19)16(20)17(11)25/h2-5,8,12,25H,6-7,21H2,1H3,(H,22,26)(H,23,24). The van der Waals surface area contributed by atoms with Crippen LogP contribution in [-0.4, -0.2) is 27.8 Å². The van der Waals surface area contributed by atoms with Crippen LogP contribution in [-0.2, 0) is 4.79 Å². The minimum Gasteiger partial charge on any atom is -0.506 e. The van der Waals surface area contributed by atoms with Crippen LogP contribution >= 0.6 is 23.2 Å². The van der Waals surface area contributed by atoms with Gasteiger partial charge in [-0.05, 0) is 44.2 Å². The molecular formula is C18H18Cl2N4O2. The molecule has 136 valence electrons. The number of carbonyl (C=O) groups excluding carboxylic acids is 1. The first-order valence-corrected chi connectivity index (χ1v) is 8.80. The SMILES string of the molecule is Cc1[nH]nc2ccc(NC(=O)C(CCN)c3ccc(Cl)c(Cl)c3O)cc12. The van der Waals surface area contributed by atoms with Crippen molar-refractivity contribution in [3.63, 3.8) is 0 Å². The van der Waals surface area contributed by atoms with E-state index in [1.54, 1.807) is 18.2 Å². The number of aromatic nitrogens is 2. The van der Waals surface area contributed by atoms with Gasteiger partial charge in [0.2, 0.25) is 5.91 Å². The minimum absolute atomic E-state index is 0.0226. The molecule has 2 aromatic carbocycles. The molecule has 1 aromatic heterocycles. The highest BCUT2D eigenvalue weighted by Gasteiger charge is 2.25. The first kappa shape index (κ1) is 18.5. The summed E-state index contributed by atoms with van der Waals surface area (Å²) in [4.78, 5) is 12.8. The Labute approximate surface area is 160 Å². The lowest BCUT2D eigenvalue weighted by Gasteiger charge is -2.18. The second-order valence-electron chi connectivity index (χ2n) is 6.00. The molecule has 0 saturated carbocycles. The molecule has 0 saturated heterocycles. The Morgan fingerprint density at radius 3 is 2.85 bits per heavy atom. The number of H-pyrrole nitrogens is 1. The van der Waals surface area contributed by atoms with E-state index in [1.165, 1.54) is 0 Å². The van der Waals surface area contributed by atoms with Crippen LogP contribution in [0.25, 0.3) is 10.9 Å². The van der Waals surface area contributed by atoms with Gasteiger partial charge in [0.25, 0.3) is 0 Å². The summed E-state index contributed by atoms with van der Waals surface area (Å²) in [6.45, 7) is 2.18. The molecule has 6 nitrogen and oxygen atoms in total. The highest BCUT2D eigenvalue weighted by molar-refractivity contribution is 6.43. The Bertz CT molecular complexity index is 971. The third-order valence-corrected chi connectivity index (χ3v) is 5.05. The van der Waals surface area contributed by atoms with E-state index in [9.17, 15) is 9.90 Å². The number of aryl methyl sites for hydroxylation is 1. The summed E-state index contributed by atoms with van der Waals surface area (Å²) in [7, 11) is 0. The van der Waals surface area contributed by atoms with Gasteiger partial charge >= 0.3 is 0 Å². The molecule has 1 heterocycles. The Morgan fingerprint density at radius 2 is 2.12 bits per heavy atom. The zero-order valence-electron chi connectivity index (χ0n) is 14.0. The van der Waals surface area contributed by atoms with E-state index in [0.29, 0.717) is 17.7 Å². The van der Waals surface area contributed by atoms with E-state index in [2.05, 4.69) is 15.5 Å². The molecule has 1 atom stereocenters. The monoisotopic (exact) mass is 392 g/mol. The predicted octanol–water partition coefficient (Wildman–Crippen LogP) is 3.95. The molecule has 5 N–H and O–H groups in total. The molecular weight excluding hydrogens is 375 g/mol. The molecule has 0 aliphatic carbocycles. The highest BCUT2D eigenvalue weighted by atomic mass is 35.5. The van der Waals surface area contributed by atoms with Crippen LogP contribution < -0.4 is 11.1 Å². The third kappa shape index (κ3) is 3.49. The number of benzene rings is 2. The molecule has 0 aliphatic rings. The Balaban J connectivity index is 1.91. The Hall–Kier alpha value is -2.28. The fourth-order valence-electron chi connectivity index (χ4n) is 2.88. The van der Waals surface area contributed by atoms with Gasteiger partial charge in [-0.25, -0.2) is 0 Å². The van der Waals surface area contributed by atoms with E-state index in [1.807, 2.05) is 19.1 Å². The maximum Gasteiger partial charge on any atom is 0.232 e. The van der Waals surface area contributed by atoms with Crippen molar-refractivity contribution in [3.05, 3.63) is 51.6 Å². The van der Waals surface area contributed by atoms with E-state index in [4.69, 9.17) is 28.9 Å². The van der Waals surface area contributed by atoms with E-state index >= 15 is 0 Å². The maximum atomic E-state index is 12.8. The maximum absolute atomic E-state index is 12.8. The van der Waals surface area contributed by atoms with Crippen molar-refractivity contribution in [1.82, 2.24) is 10.2 Å². The van der Waals surface area contributed by atoms with Gasteiger partial charge in [-0.2, -0.15) is 5.10 Å². The molecule has 0 fully saturated rings. The topological polar surface area (TPSA) is 104 Å². The molecule has 0 bridgehead atoms. The van der Waals surface area contributed by atoms with Crippen molar-refractivity contribution in [1.29, 1.82) is 0 Å². The number of phenols is 1. The third-order valence-electron chi connectivity index (χ3n) is 4.26. The van der Waals surface area contributed by atoms with Gasteiger partial charge in [-0.1, -0.05) is 29.3 Å². The molecule has 0 aliphatic heterocycles. The number of hydrogen-bond acceptors (Lipinski definition) is 4. The van der Waals surface area contributed by atoms with Crippen LogP contribution in [0.15, 0.2) is 30.3 Å². The number of carbonyl (C=O) groups is 1. The number of hydrogen-bond donors (Lipinski definition) is 4. The van der Waals surface area contributed by atoms with Gasteiger partial charge in [-0.15, -0.1) is 0 Å². The summed E-state index contributed by atoms with van der Waals surface area (Å²) in [6, 6.07) is 8.58. The second-order valence-corrected chi connectivity index (χ2v) is 6.78. The number of nitrogens with one attached hydrogen (secondary N) is 2. The zero-order valence-corrected chi connectivity index (χ0v) is 15.5. The number of aromatic hydroxyl groups is 1. The number of aromatic amines is 1. The average Bonchev–Trinajstić information content (AvgIpc) is 2.99. The summed E-state index contributed by atoms with van der Waals surface area (Å²) in [5.74, 6) is -1.14. The van der Waals surface area contributed by atoms with Gasteiger partial charge < -0.3 is 16.2 Å². The smallest absolute Gasteiger partial charge is 0.232 e. The normalized spacial score (nSPS) is 12.3. The summed E-state index contributed by atoms with van der Waals surface area (Å²) in [5.41, 5.74) is 8.42. The lowest BCUT2D eigenvalue weighted by Crippen LogP contribution is -2.23. The van der Waals surface area contributed by atoms with E-state index in [-0.39, 0.29) is 28.2 Å². The van der Waals surface area contributed by atoms with Crippen molar-refractivity contribution >= 4 is 45.7 Å². The molecule has 0 spiro atoms. The van der Waals surface area contributed by atoms with E-state index < -0.39 is 5.92 Å². The second kappa shape index (κ2) is 7.53. The quantitative estimate of drug-likeness (QED) is 0.527. The first-order valence-electron chi connectivity index (χ1n) is 8.05. The molecule has 0 radical (unpaired) electrons. The van der Waals surface area contributed by atoms with Crippen molar-refractivity contribution in [2.24, 2.45) is 5.73 Å². The lowest BCUT2D eigenvalue weighted by atomic mass is 9.93. The lowest BCUT2D eigenvalue weighted by molar-refractivity contribution is -0.117. The van der Waals surface area contributed by atoms with Gasteiger partial charge in [0.05, 0.1) is 16.5 Å². The number of nitrogens with two attached hydrogens (primary N) is 1. The van der Waals surface area contributed by atoms with Gasteiger partial charge in [0, 0.05) is 22.3 Å². The molecule has 26 heavy (non-hydrogen) atoms. The van der Waals surface area contributed by atoms with E-state index in [0.717, 1.165) is 16.6 Å². The van der Waals surface area contributed by atoms with Crippen LogP contribution in [0.2, 0.25) is 10.0 Å². The average molecular weight is 393 g/mol. The number of phenolic OH excluding ortho intramolecular Hbond substituents is 1. The van der Waals surface area contributed by atoms with Gasteiger partial charge in [-0.3, -0.25) is 9.89 Å². The fourth-order valence-corrected chi connectivity index (χ4v) is 3.20. The van der Waals surface area contributed by atoms with Crippen LogP contribution in [0.5, 0.6) is 5.75 Å². The predicted molar refractivity (Wildman–Crippen MR) is 104 cm³/mol. The number of halogens is 2. The molecule has 1 unspecified atom stereocenters. The van der Waals surface area contributed by atoms with Crippen molar-refractivity contribution in [2.75, 3.05) is 11.9 Å². The van der Waals surface area contributed by atoms with Crippen LogP contribution in [0.4, 0.5) is 5.69 Å². The van der Waals surface area contributed by atoms with Crippen LogP contribution in [0, 0.1) is 6.92 Å². The molecule has 3 aromatic rings. The number of rotatable bonds is 5. The highest BCUT2D eigenvalue weighted by Crippen LogP contribution is 2.39. The summed E-state index contributed by atoms with van der Waals surface area (Å²) >= 11 is 11.9. The number of anilines is 1. The Kier molecular flexibility index (Phi) is 5.36. The minimum atomic E-state index is -0.657. The van der Waals surface area contributed by atoms with Crippen molar-refractivity contribution in [2.45, 2.75) is 19.3 Å². The van der Waals surface area contributed by atoms with Crippen LogP contribution in [0.1, 0.15) is 23.6 Å². The van der Waals surface area contributed by atoms with Crippen molar-refractivity contribution in [3.8, 4) is 5.75 Å². The van der Waals surface area contributed by atoms with Crippen LogP contribution in [0.3, 0.4) is 0 Å². The van der Waals surface area contributed by atoms with Gasteiger partial charge in [0.15, 0.2) is 0 Å². The number of amides is 1. The summed E-state index contributed by atoms with van der Waals surface area (Å²) < 4.78 is 0. The summed E-state index contributed by atoms with van der Waals surface area (Å²) in [5, 5.41) is 21.4. The molecule has 8 heteroatoms. The number of fused-ring (bicyclic) bond motifs is 1. The Morgan fingerprint density at radius 1 is 1.35 bits per heavy atom. The first-order chi connectivity index (χ1) is 12.4. The molecule has 1 amide bonds. The largest absolute Gasteiger partial charge is 0.506 e. The zero-order chi connectivity index (χ0) is 18.8. The summed E-state index contributed by atoms with van der Waals surface area (Å²) in [6.07, 6.45) is 0.352. The fraction of sp³-hybridized carbons (Fsp3) is 0.222. The van der Waals surface area contributed by atoms with Crippen molar-refractivity contribution < 1.29 is 9.90 Å².